The van der Waals surface area contributed by atoms with Gasteiger partial charge in [0.2, 0.25) is 5.91 Å². The third-order valence-electron chi connectivity index (χ3n) is 3.84. The summed E-state index contributed by atoms with van der Waals surface area (Å²) < 4.78 is 5.77. The molecule has 3 aromatic rings. The van der Waals surface area contributed by atoms with E-state index < -0.39 is 0 Å². The fourth-order valence-electron chi connectivity index (χ4n) is 2.50. The predicted octanol–water partition coefficient (Wildman–Crippen LogP) is 4.21. The van der Waals surface area contributed by atoms with Gasteiger partial charge in [-0.05, 0) is 35.4 Å². The Hall–Kier alpha value is -2.79. The van der Waals surface area contributed by atoms with Gasteiger partial charge < -0.3 is 10.1 Å². The molecule has 138 valence electrons. The van der Waals surface area contributed by atoms with E-state index >= 15 is 0 Å². The Labute approximate surface area is 164 Å². The molecule has 5 heteroatoms. The van der Waals surface area contributed by atoms with Crippen molar-refractivity contribution in [2.45, 2.75) is 18.9 Å². The van der Waals surface area contributed by atoms with Crippen LogP contribution in [0.15, 0.2) is 79.0 Å². The average Bonchev–Trinajstić information content (AvgIpc) is 2.73. The molecule has 0 aliphatic carbocycles. The van der Waals surface area contributed by atoms with Crippen LogP contribution in [0.25, 0.3) is 0 Å². The number of rotatable bonds is 9. The Morgan fingerprint density at radius 1 is 0.963 bits per heavy atom. The molecule has 0 spiro atoms. The zero-order valence-electron chi connectivity index (χ0n) is 15.0. The largest absolute Gasteiger partial charge is 0.489 e. The van der Waals surface area contributed by atoms with Crippen LogP contribution in [0.1, 0.15) is 16.8 Å². The first-order valence-electron chi connectivity index (χ1n) is 8.79. The van der Waals surface area contributed by atoms with Crippen molar-refractivity contribution in [2.24, 2.45) is 0 Å². The Balaban J connectivity index is 1.40. The van der Waals surface area contributed by atoms with E-state index in [9.17, 15) is 4.79 Å². The lowest BCUT2D eigenvalue weighted by atomic mass is 10.1. The van der Waals surface area contributed by atoms with Gasteiger partial charge in [0.05, 0.1) is 11.4 Å². The van der Waals surface area contributed by atoms with E-state index in [2.05, 4.69) is 16.4 Å². The Bertz CT molecular complexity index is 841. The summed E-state index contributed by atoms with van der Waals surface area (Å²) >= 11 is 1.56. The number of carbonyl (C=O) groups excluding carboxylic acids is 1. The summed E-state index contributed by atoms with van der Waals surface area (Å²) in [5.41, 5.74) is 3.13. The summed E-state index contributed by atoms with van der Waals surface area (Å²) in [5, 5.41) is 2.97. The fraction of sp³-hybridized carbons (Fsp3) is 0.182. The Kier molecular flexibility index (Phi) is 7.30. The number of pyridine rings is 1. The molecule has 1 heterocycles. The summed E-state index contributed by atoms with van der Waals surface area (Å²) in [6.07, 6.45) is 1.77. The van der Waals surface area contributed by atoms with Crippen molar-refractivity contribution >= 4 is 17.7 Å². The van der Waals surface area contributed by atoms with Crippen LogP contribution in [0, 0.1) is 0 Å². The maximum atomic E-state index is 12.0. The molecule has 0 unspecified atom stereocenters. The molecular weight excluding hydrogens is 356 g/mol. The summed E-state index contributed by atoms with van der Waals surface area (Å²) in [5.74, 6) is 2.04. The van der Waals surface area contributed by atoms with Crippen molar-refractivity contribution in [3.05, 3.63) is 95.8 Å². The number of hydrogen-bond donors (Lipinski definition) is 1. The van der Waals surface area contributed by atoms with Gasteiger partial charge in [-0.25, -0.2) is 0 Å². The van der Waals surface area contributed by atoms with Crippen molar-refractivity contribution in [1.29, 1.82) is 0 Å². The summed E-state index contributed by atoms with van der Waals surface area (Å²) in [7, 11) is 0. The van der Waals surface area contributed by atoms with Crippen LogP contribution in [0.5, 0.6) is 5.75 Å². The average molecular weight is 378 g/mol. The molecule has 3 rings (SSSR count). The summed E-state index contributed by atoms with van der Waals surface area (Å²) in [6.45, 7) is 1.02. The smallest absolute Gasteiger partial charge is 0.230 e. The number of nitrogens with zero attached hydrogens (tertiary/aromatic N) is 1. The number of hydrogen-bond acceptors (Lipinski definition) is 4. The summed E-state index contributed by atoms with van der Waals surface area (Å²) in [6, 6.07) is 23.6. The second-order valence-corrected chi connectivity index (χ2v) is 7.00. The highest BCUT2D eigenvalue weighted by Crippen LogP contribution is 2.13. The molecule has 0 saturated carbocycles. The number of benzene rings is 2. The number of thioether (sulfide) groups is 1. The first kappa shape index (κ1) is 19.0. The van der Waals surface area contributed by atoms with Gasteiger partial charge in [0.25, 0.3) is 0 Å². The SMILES string of the molecule is O=C(CSCc1ccccn1)NCc1cccc(COc2ccccc2)c1. The maximum Gasteiger partial charge on any atom is 0.230 e. The number of aromatic nitrogens is 1. The fourth-order valence-corrected chi connectivity index (χ4v) is 3.27. The number of amides is 1. The van der Waals surface area contributed by atoms with Crippen molar-refractivity contribution in [1.82, 2.24) is 10.3 Å². The number of ether oxygens (including phenoxy) is 1. The first-order valence-corrected chi connectivity index (χ1v) is 9.95. The molecule has 0 radical (unpaired) electrons. The number of nitrogens with one attached hydrogen (secondary N) is 1. The molecule has 0 aliphatic heterocycles. The molecule has 27 heavy (non-hydrogen) atoms. The third kappa shape index (κ3) is 6.79. The lowest BCUT2D eigenvalue weighted by Gasteiger charge is -2.09. The van der Waals surface area contributed by atoms with Gasteiger partial charge in [-0.3, -0.25) is 9.78 Å². The number of para-hydroxylation sites is 1. The van der Waals surface area contributed by atoms with Gasteiger partial charge in [0.15, 0.2) is 0 Å². The molecule has 0 aliphatic rings. The number of carbonyl (C=O) groups is 1. The van der Waals surface area contributed by atoms with Crippen LogP contribution >= 0.6 is 11.8 Å². The minimum absolute atomic E-state index is 0.0295. The van der Waals surface area contributed by atoms with E-state index in [0.717, 1.165) is 28.3 Å². The molecule has 0 fully saturated rings. The molecule has 0 bridgehead atoms. The Morgan fingerprint density at radius 3 is 2.59 bits per heavy atom. The van der Waals surface area contributed by atoms with Crippen LogP contribution in [-0.2, 0) is 23.7 Å². The lowest BCUT2D eigenvalue weighted by Crippen LogP contribution is -2.24. The van der Waals surface area contributed by atoms with E-state index in [1.807, 2.05) is 66.7 Å². The second kappa shape index (κ2) is 10.4. The highest BCUT2D eigenvalue weighted by molar-refractivity contribution is 7.99. The van der Waals surface area contributed by atoms with Crippen LogP contribution in [0.2, 0.25) is 0 Å². The summed E-state index contributed by atoms with van der Waals surface area (Å²) in [4.78, 5) is 16.3. The van der Waals surface area contributed by atoms with Gasteiger partial charge >= 0.3 is 0 Å². The van der Waals surface area contributed by atoms with Crippen LogP contribution in [0.3, 0.4) is 0 Å². The second-order valence-electron chi connectivity index (χ2n) is 6.01. The van der Waals surface area contributed by atoms with Gasteiger partial charge in [0.1, 0.15) is 12.4 Å². The van der Waals surface area contributed by atoms with E-state index in [1.165, 1.54) is 0 Å². The highest BCUT2D eigenvalue weighted by Gasteiger charge is 2.04. The lowest BCUT2D eigenvalue weighted by molar-refractivity contribution is -0.118. The standard InChI is InChI=1S/C22H22N2O2S/c25-22(17-27-16-20-9-4-5-12-23-20)24-14-18-7-6-8-19(13-18)15-26-21-10-2-1-3-11-21/h1-13H,14-17H2,(H,24,25). The van der Waals surface area contributed by atoms with E-state index in [1.54, 1.807) is 18.0 Å². The molecule has 1 N–H and O–H groups in total. The van der Waals surface area contributed by atoms with Crippen molar-refractivity contribution in [3.8, 4) is 5.75 Å². The maximum absolute atomic E-state index is 12.0. The zero-order valence-corrected chi connectivity index (χ0v) is 15.8. The van der Waals surface area contributed by atoms with E-state index in [0.29, 0.717) is 18.9 Å². The third-order valence-corrected chi connectivity index (χ3v) is 4.81. The molecule has 4 nitrogen and oxygen atoms in total. The van der Waals surface area contributed by atoms with Gasteiger partial charge in [0, 0.05) is 18.5 Å². The van der Waals surface area contributed by atoms with Crippen molar-refractivity contribution in [2.75, 3.05) is 5.75 Å². The van der Waals surface area contributed by atoms with Crippen LogP contribution < -0.4 is 10.1 Å². The monoisotopic (exact) mass is 378 g/mol. The zero-order chi connectivity index (χ0) is 18.7. The van der Waals surface area contributed by atoms with Gasteiger partial charge in [-0.15, -0.1) is 11.8 Å². The Morgan fingerprint density at radius 2 is 1.78 bits per heavy atom. The van der Waals surface area contributed by atoms with E-state index in [-0.39, 0.29) is 5.91 Å². The topological polar surface area (TPSA) is 51.2 Å². The molecule has 1 amide bonds. The van der Waals surface area contributed by atoms with Crippen LogP contribution in [0.4, 0.5) is 0 Å². The first-order chi connectivity index (χ1) is 13.3. The molecule has 0 saturated heterocycles. The van der Waals surface area contributed by atoms with Crippen molar-refractivity contribution < 1.29 is 9.53 Å². The normalized spacial score (nSPS) is 10.4. The quantitative estimate of drug-likeness (QED) is 0.606. The molecular formula is C22H22N2O2S. The van der Waals surface area contributed by atoms with E-state index in [4.69, 9.17) is 4.74 Å². The van der Waals surface area contributed by atoms with Gasteiger partial charge in [-0.2, -0.15) is 0 Å². The van der Waals surface area contributed by atoms with Crippen LogP contribution in [-0.4, -0.2) is 16.6 Å². The minimum Gasteiger partial charge on any atom is -0.489 e. The minimum atomic E-state index is 0.0295. The highest BCUT2D eigenvalue weighted by atomic mass is 32.2. The van der Waals surface area contributed by atoms with Crippen molar-refractivity contribution in [3.63, 3.8) is 0 Å². The molecule has 1 aromatic heterocycles. The molecule has 0 atom stereocenters. The molecule has 2 aromatic carbocycles. The van der Waals surface area contributed by atoms with Gasteiger partial charge in [-0.1, -0.05) is 48.5 Å². The predicted molar refractivity (Wildman–Crippen MR) is 109 cm³/mol.